The van der Waals surface area contributed by atoms with E-state index in [0.717, 1.165) is 22.3 Å². The first-order valence-corrected chi connectivity index (χ1v) is 10.7. The third kappa shape index (κ3) is 4.57. The van der Waals surface area contributed by atoms with E-state index < -0.39 is 21.3 Å². The molecule has 29 heavy (non-hydrogen) atoms. The Hall–Kier alpha value is -3.33. The lowest BCUT2D eigenvalue weighted by Crippen LogP contribution is -2.08. The Kier molecular flexibility index (Phi) is 4.98. The third-order valence-electron chi connectivity index (χ3n) is 4.18. The van der Waals surface area contributed by atoms with E-state index in [1.54, 1.807) is 0 Å². The van der Waals surface area contributed by atoms with Crippen LogP contribution < -0.4 is 0 Å². The summed E-state index contributed by atoms with van der Waals surface area (Å²) in [6.07, 6.45) is 0. The van der Waals surface area contributed by atoms with E-state index >= 15 is 0 Å². The van der Waals surface area contributed by atoms with Crippen molar-refractivity contribution in [2.45, 2.75) is 25.4 Å². The van der Waals surface area contributed by atoms with Gasteiger partial charge in [0.25, 0.3) is 0 Å². The Balaban J connectivity index is 1.48. The second kappa shape index (κ2) is 7.59. The molecule has 0 N–H and O–H groups in total. The number of hydrogen-bond acceptors (Lipinski definition) is 8. The topological polar surface area (TPSA) is 112 Å². The van der Waals surface area contributed by atoms with Crippen molar-refractivity contribution in [1.82, 2.24) is 20.3 Å². The summed E-state index contributed by atoms with van der Waals surface area (Å²) in [6.45, 7) is 3.90. The summed E-state index contributed by atoms with van der Waals surface area (Å²) >= 11 is 0. The Morgan fingerprint density at radius 1 is 0.759 bits per heavy atom. The van der Waals surface area contributed by atoms with Gasteiger partial charge in [-0.05, 0) is 26.0 Å². The maximum atomic E-state index is 12.5. The molecule has 0 saturated heterocycles. The highest BCUT2D eigenvalue weighted by atomic mass is 32.2. The average Bonchev–Trinajstić information content (AvgIpc) is 3.31. The van der Waals surface area contributed by atoms with Gasteiger partial charge in [-0.15, -0.1) is 0 Å². The number of benzene rings is 2. The molecule has 0 atom stereocenters. The quantitative estimate of drug-likeness (QED) is 0.475. The molecule has 2 aromatic heterocycles. The van der Waals surface area contributed by atoms with Crippen LogP contribution in [0.3, 0.4) is 0 Å². The van der Waals surface area contributed by atoms with Gasteiger partial charge in [-0.2, -0.15) is 9.97 Å². The summed E-state index contributed by atoms with van der Waals surface area (Å²) in [5, 5.41) is 7.74. The minimum atomic E-state index is -3.63. The minimum Gasteiger partial charge on any atom is -0.338 e. The van der Waals surface area contributed by atoms with Crippen molar-refractivity contribution in [3.63, 3.8) is 0 Å². The van der Waals surface area contributed by atoms with Gasteiger partial charge in [0.2, 0.25) is 23.4 Å². The summed E-state index contributed by atoms with van der Waals surface area (Å²) in [5.41, 5.74) is 3.61. The summed E-state index contributed by atoms with van der Waals surface area (Å²) in [7, 11) is -3.63. The number of sulfone groups is 1. The van der Waals surface area contributed by atoms with Crippen LogP contribution in [0.1, 0.15) is 22.9 Å². The van der Waals surface area contributed by atoms with Gasteiger partial charge < -0.3 is 9.05 Å². The Bertz CT molecular complexity index is 1170. The molecule has 4 aromatic rings. The summed E-state index contributed by atoms with van der Waals surface area (Å²) in [4.78, 5) is 8.37. The van der Waals surface area contributed by atoms with E-state index in [2.05, 4.69) is 20.3 Å². The van der Waals surface area contributed by atoms with Gasteiger partial charge in [0.1, 0.15) is 11.5 Å². The van der Waals surface area contributed by atoms with Crippen molar-refractivity contribution < 1.29 is 17.5 Å². The van der Waals surface area contributed by atoms with Crippen molar-refractivity contribution in [3.8, 4) is 22.8 Å². The molecule has 0 saturated carbocycles. The van der Waals surface area contributed by atoms with Crippen LogP contribution in [-0.4, -0.2) is 28.7 Å². The molecule has 0 radical (unpaired) electrons. The Morgan fingerprint density at radius 2 is 1.21 bits per heavy atom. The van der Waals surface area contributed by atoms with Gasteiger partial charge in [0, 0.05) is 11.1 Å². The molecular weight excluding hydrogens is 392 g/mol. The molecule has 0 unspecified atom stereocenters. The highest BCUT2D eigenvalue weighted by molar-refractivity contribution is 7.89. The largest absolute Gasteiger partial charge is 0.338 e. The van der Waals surface area contributed by atoms with E-state index in [4.69, 9.17) is 9.05 Å². The smallest absolute Gasteiger partial charge is 0.242 e. The van der Waals surface area contributed by atoms with Crippen LogP contribution in [0.5, 0.6) is 0 Å². The molecule has 0 aliphatic heterocycles. The van der Waals surface area contributed by atoms with Crippen molar-refractivity contribution in [1.29, 1.82) is 0 Å². The molecule has 0 fully saturated rings. The fourth-order valence-electron chi connectivity index (χ4n) is 2.86. The maximum Gasteiger partial charge on any atom is 0.242 e. The third-order valence-corrected chi connectivity index (χ3v) is 5.55. The standard InChI is InChI=1S/C20H18N4O4S/c1-13-5-3-7-15(9-13)19-21-17(27-23-19)11-29(25,26)12-18-22-20(24-28-18)16-8-4-6-14(2)10-16/h3-10H,11-12H2,1-2H3. The Morgan fingerprint density at radius 3 is 1.62 bits per heavy atom. The molecule has 0 spiro atoms. The first-order chi connectivity index (χ1) is 13.9. The number of aryl methyl sites for hydroxylation is 2. The van der Waals surface area contributed by atoms with E-state index in [1.165, 1.54) is 0 Å². The first kappa shape index (κ1) is 19.0. The van der Waals surface area contributed by atoms with Crippen molar-refractivity contribution in [2.24, 2.45) is 0 Å². The second-order valence-electron chi connectivity index (χ2n) is 6.79. The van der Waals surface area contributed by atoms with Crippen LogP contribution in [0.15, 0.2) is 57.6 Å². The molecular formula is C20H18N4O4S. The van der Waals surface area contributed by atoms with Crippen molar-refractivity contribution >= 4 is 9.84 Å². The van der Waals surface area contributed by atoms with Gasteiger partial charge in [-0.1, -0.05) is 57.8 Å². The number of aromatic nitrogens is 4. The van der Waals surface area contributed by atoms with E-state index in [0.29, 0.717) is 11.6 Å². The van der Waals surface area contributed by atoms with Gasteiger partial charge in [0.05, 0.1) is 0 Å². The van der Waals surface area contributed by atoms with E-state index in [9.17, 15) is 8.42 Å². The number of hydrogen-bond donors (Lipinski definition) is 0. The maximum absolute atomic E-state index is 12.5. The molecule has 4 rings (SSSR count). The average molecular weight is 410 g/mol. The first-order valence-electron chi connectivity index (χ1n) is 8.88. The van der Waals surface area contributed by atoms with Crippen molar-refractivity contribution in [3.05, 3.63) is 71.4 Å². The van der Waals surface area contributed by atoms with E-state index in [-0.39, 0.29) is 11.8 Å². The van der Waals surface area contributed by atoms with Crippen LogP contribution in [0.2, 0.25) is 0 Å². The summed E-state index contributed by atoms with van der Waals surface area (Å²) in [5.74, 6) is -0.0983. The zero-order chi connectivity index (χ0) is 20.4. The molecule has 0 aliphatic rings. The van der Waals surface area contributed by atoms with Crippen LogP contribution in [0, 0.1) is 13.8 Å². The highest BCUT2D eigenvalue weighted by Crippen LogP contribution is 2.20. The monoisotopic (exact) mass is 410 g/mol. The number of nitrogens with zero attached hydrogens (tertiary/aromatic N) is 4. The van der Waals surface area contributed by atoms with Gasteiger partial charge in [0.15, 0.2) is 9.84 Å². The predicted molar refractivity (Wildman–Crippen MR) is 105 cm³/mol. The SMILES string of the molecule is Cc1cccc(-c2noc(CS(=O)(=O)Cc3nc(-c4cccc(C)c4)no3)n2)c1. The van der Waals surface area contributed by atoms with Gasteiger partial charge >= 0.3 is 0 Å². The van der Waals surface area contributed by atoms with Crippen LogP contribution >= 0.6 is 0 Å². The number of rotatable bonds is 6. The predicted octanol–water partition coefficient (Wildman–Crippen LogP) is 3.52. The zero-order valence-electron chi connectivity index (χ0n) is 15.9. The lowest BCUT2D eigenvalue weighted by atomic mass is 10.1. The lowest BCUT2D eigenvalue weighted by Gasteiger charge is -1.97. The van der Waals surface area contributed by atoms with Crippen LogP contribution in [-0.2, 0) is 21.3 Å². The molecule has 2 heterocycles. The molecule has 0 bridgehead atoms. The van der Waals surface area contributed by atoms with Gasteiger partial charge in [-0.3, -0.25) is 0 Å². The highest BCUT2D eigenvalue weighted by Gasteiger charge is 2.22. The normalized spacial score (nSPS) is 11.7. The molecule has 8 nitrogen and oxygen atoms in total. The molecule has 0 aliphatic carbocycles. The summed E-state index contributed by atoms with van der Waals surface area (Å²) < 4.78 is 35.3. The fraction of sp³-hybridized carbons (Fsp3) is 0.200. The Labute approximate surface area is 167 Å². The minimum absolute atomic E-state index is 0.0138. The summed E-state index contributed by atoms with van der Waals surface area (Å²) in [6, 6.07) is 15.1. The molecule has 2 aromatic carbocycles. The lowest BCUT2D eigenvalue weighted by molar-refractivity contribution is 0.384. The zero-order valence-corrected chi connectivity index (χ0v) is 16.7. The molecule has 0 amide bonds. The molecule has 148 valence electrons. The van der Waals surface area contributed by atoms with Crippen molar-refractivity contribution in [2.75, 3.05) is 0 Å². The van der Waals surface area contributed by atoms with Gasteiger partial charge in [-0.25, -0.2) is 8.42 Å². The second-order valence-corrected chi connectivity index (χ2v) is 8.86. The van der Waals surface area contributed by atoms with Crippen LogP contribution in [0.4, 0.5) is 0 Å². The fourth-order valence-corrected chi connectivity index (χ4v) is 3.95. The van der Waals surface area contributed by atoms with Crippen LogP contribution in [0.25, 0.3) is 22.8 Å². The molecule has 9 heteroatoms. The van der Waals surface area contributed by atoms with E-state index in [1.807, 2.05) is 62.4 Å².